The Morgan fingerprint density at radius 3 is 2.82 bits per heavy atom. The van der Waals surface area contributed by atoms with Gasteiger partial charge in [0.25, 0.3) is 5.91 Å². The lowest BCUT2D eigenvalue weighted by atomic mass is 10.1. The first-order chi connectivity index (χ1) is 13.4. The van der Waals surface area contributed by atoms with Crippen LogP contribution in [0.1, 0.15) is 46.3 Å². The zero-order chi connectivity index (χ0) is 19.8. The van der Waals surface area contributed by atoms with Gasteiger partial charge in [0.15, 0.2) is 0 Å². The molecule has 0 atom stereocenters. The number of anilines is 1. The average molecular weight is 382 g/mol. The van der Waals surface area contributed by atoms with Gasteiger partial charge >= 0.3 is 0 Å². The zero-order valence-corrected chi connectivity index (χ0v) is 15.8. The summed E-state index contributed by atoms with van der Waals surface area (Å²) in [5, 5.41) is 7.03. The first-order valence-corrected chi connectivity index (χ1v) is 9.26. The third kappa shape index (κ3) is 3.55. The smallest absolute Gasteiger partial charge is 0.276 e. The van der Waals surface area contributed by atoms with Crippen molar-refractivity contribution in [1.82, 2.24) is 19.7 Å². The van der Waals surface area contributed by atoms with Crippen LogP contribution >= 0.6 is 0 Å². The lowest BCUT2D eigenvalue weighted by molar-refractivity contribution is 0.0995. The minimum absolute atomic E-state index is 0.263. The van der Waals surface area contributed by atoms with Gasteiger partial charge in [0.2, 0.25) is 11.9 Å². The highest BCUT2D eigenvalue weighted by molar-refractivity contribution is 6.03. The van der Waals surface area contributed by atoms with Crippen LogP contribution in [0, 0.1) is 12.8 Å². The molecule has 1 fully saturated rings. The highest BCUT2D eigenvalue weighted by Gasteiger charge is 2.23. The number of hydrogen-bond donors (Lipinski definition) is 3. The van der Waals surface area contributed by atoms with E-state index in [4.69, 9.17) is 10.5 Å². The molecule has 146 valence electrons. The van der Waals surface area contributed by atoms with Crippen LogP contribution in [0.3, 0.4) is 0 Å². The Morgan fingerprint density at radius 1 is 1.36 bits per heavy atom. The molecule has 28 heavy (non-hydrogen) atoms. The second-order valence-corrected chi connectivity index (χ2v) is 7.01. The molecule has 1 saturated carbocycles. The van der Waals surface area contributed by atoms with Crippen LogP contribution in [0.4, 0.5) is 5.95 Å². The van der Waals surface area contributed by atoms with Crippen LogP contribution in [0.2, 0.25) is 0 Å². The predicted octanol–water partition coefficient (Wildman–Crippen LogP) is 2.23. The Bertz CT molecular complexity index is 1060. The van der Waals surface area contributed by atoms with Crippen LogP contribution < -0.4 is 15.8 Å². The average Bonchev–Trinajstić information content (AvgIpc) is 3.27. The molecular weight excluding hydrogens is 360 g/mol. The molecule has 0 spiro atoms. The van der Waals surface area contributed by atoms with Gasteiger partial charge in [0.1, 0.15) is 17.0 Å². The second-order valence-electron chi connectivity index (χ2n) is 7.01. The number of benzene rings is 1. The summed E-state index contributed by atoms with van der Waals surface area (Å²) in [4.78, 5) is 31.7. The fourth-order valence-corrected chi connectivity index (χ4v) is 3.03. The number of rotatable bonds is 7. The number of fused-ring (bicyclic) bond motifs is 1. The van der Waals surface area contributed by atoms with E-state index in [0.29, 0.717) is 47.1 Å². The van der Waals surface area contributed by atoms with Crippen molar-refractivity contribution in [1.29, 1.82) is 0 Å². The Morgan fingerprint density at radius 2 is 2.14 bits per heavy atom. The van der Waals surface area contributed by atoms with Gasteiger partial charge in [0, 0.05) is 12.1 Å². The van der Waals surface area contributed by atoms with E-state index < -0.39 is 5.91 Å². The highest BCUT2D eigenvalue weighted by Crippen LogP contribution is 2.32. The van der Waals surface area contributed by atoms with Crippen LogP contribution in [-0.2, 0) is 6.54 Å². The quantitative estimate of drug-likeness (QED) is 0.577. The zero-order valence-electron chi connectivity index (χ0n) is 15.8. The van der Waals surface area contributed by atoms with Crippen LogP contribution in [0.15, 0.2) is 18.2 Å². The van der Waals surface area contributed by atoms with E-state index in [-0.39, 0.29) is 11.9 Å². The molecule has 4 rings (SSSR count). The number of amides is 2. The maximum atomic E-state index is 12.6. The number of aromatic amines is 1. The number of nitrogens with zero attached hydrogens (tertiary/aromatic N) is 3. The van der Waals surface area contributed by atoms with Gasteiger partial charge in [0.05, 0.1) is 17.8 Å². The van der Waals surface area contributed by atoms with E-state index in [2.05, 4.69) is 20.4 Å². The number of ether oxygens (including phenoxy) is 1. The number of hydrogen-bond acceptors (Lipinski definition) is 5. The number of H-pyrrole nitrogens is 1. The van der Waals surface area contributed by atoms with E-state index in [9.17, 15) is 9.59 Å². The number of primary amides is 1. The van der Waals surface area contributed by atoms with Crippen LogP contribution in [0.5, 0.6) is 5.75 Å². The summed E-state index contributed by atoms with van der Waals surface area (Å²) in [5.41, 5.74) is 8.06. The molecule has 4 N–H and O–H groups in total. The number of nitrogens with two attached hydrogens (primary N) is 1. The van der Waals surface area contributed by atoms with E-state index >= 15 is 0 Å². The summed E-state index contributed by atoms with van der Waals surface area (Å²) in [5.74, 6) is 0.429. The first kappa shape index (κ1) is 18.0. The monoisotopic (exact) mass is 382 g/mol. The highest BCUT2D eigenvalue weighted by atomic mass is 16.5. The maximum Gasteiger partial charge on any atom is 0.276 e. The number of carbonyl (C=O) groups excluding carboxylic acids is 2. The van der Waals surface area contributed by atoms with Gasteiger partial charge in [-0.15, -0.1) is 0 Å². The Hall–Kier alpha value is -3.36. The number of aryl methyl sites for hydroxylation is 2. The number of aromatic nitrogens is 4. The standard InChI is InChI=1S/C19H22N6O3/c1-3-25-14(6-10(2)24-25)18(27)23-19-21-13-7-12(17(20)26)8-15(16(13)22-19)28-9-11-4-5-11/h6-8,11H,3-5,9H2,1-2H3,(H2,20,26)(H2,21,22,23,27). The predicted molar refractivity (Wildman–Crippen MR) is 103 cm³/mol. The molecule has 2 amide bonds. The van der Waals surface area contributed by atoms with Crippen molar-refractivity contribution in [3.63, 3.8) is 0 Å². The van der Waals surface area contributed by atoms with Crippen LogP contribution in [-0.4, -0.2) is 38.2 Å². The fourth-order valence-electron chi connectivity index (χ4n) is 3.03. The van der Waals surface area contributed by atoms with Gasteiger partial charge in [-0.1, -0.05) is 0 Å². The van der Waals surface area contributed by atoms with Crippen molar-refractivity contribution >= 4 is 28.8 Å². The third-order valence-electron chi connectivity index (χ3n) is 4.68. The van der Waals surface area contributed by atoms with Crippen molar-refractivity contribution in [3.05, 3.63) is 35.2 Å². The summed E-state index contributed by atoms with van der Waals surface area (Å²) in [6, 6.07) is 4.90. The van der Waals surface area contributed by atoms with Gasteiger partial charge in [-0.05, 0) is 50.8 Å². The molecule has 9 heteroatoms. The molecular formula is C19H22N6O3. The van der Waals surface area contributed by atoms with Crippen molar-refractivity contribution < 1.29 is 14.3 Å². The third-order valence-corrected chi connectivity index (χ3v) is 4.68. The number of imidazole rings is 1. The summed E-state index contributed by atoms with van der Waals surface area (Å²) in [6.45, 7) is 4.91. The van der Waals surface area contributed by atoms with Gasteiger partial charge in [-0.25, -0.2) is 4.98 Å². The Labute approximate surface area is 161 Å². The summed E-state index contributed by atoms with van der Waals surface area (Å²) >= 11 is 0. The maximum absolute atomic E-state index is 12.6. The molecule has 0 bridgehead atoms. The molecule has 1 aromatic carbocycles. The van der Waals surface area contributed by atoms with Gasteiger partial charge in [-0.2, -0.15) is 5.10 Å². The van der Waals surface area contributed by atoms with E-state index in [1.54, 1.807) is 22.9 Å². The first-order valence-electron chi connectivity index (χ1n) is 9.26. The SMILES string of the molecule is CCn1nc(C)cc1C(=O)Nc1nc2cc(C(N)=O)cc(OCC3CC3)c2[nH]1. The van der Waals surface area contributed by atoms with Crippen molar-refractivity contribution in [2.75, 3.05) is 11.9 Å². The minimum Gasteiger partial charge on any atom is -0.491 e. The molecule has 3 aromatic rings. The molecule has 0 saturated heterocycles. The van der Waals surface area contributed by atoms with Gasteiger partial charge in [-0.3, -0.25) is 19.6 Å². The van der Waals surface area contributed by atoms with E-state index in [1.165, 1.54) is 0 Å². The topological polar surface area (TPSA) is 128 Å². The summed E-state index contributed by atoms with van der Waals surface area (Å²) in [7, 11) is 0. The molecule has 2 heterocycles. The van der Waals surface area contributed by atoms with E-state index in [0.717, 1.165) is 18.5 Å². The summed E-state index contributed by atoms with van der Waals surface area (Å²) in [6.07, 6.45) is 2.29. The summed E-state index contributed by atoms with van der Waals surface area (Å²) < 4.78 is 7.50. The largest absolute Gasteiger partial charge is 0.491 e. The van der Waals surface area contributed by atoms with Crippen LogP contribution in [0.25, 0.3) is 11.0 Å². The minimum atomic E-state index is -0.561. The lowest BCUT2D eigenvalue weighted by Gasteiger charge is -2.07. The molecule has 0 unspecified atom stereocenters. The normalized spacial score (nSPS) is 13.6. The lowest BCUT2D eigenvalue weighted by Crippen LogP contribution is -2.18. The second kappa shape index (κ2) is 6.99. The molecule has 0 radical (unpaired) electrons. The number of nitrogens with one attached hydrogen (secondary N) is 2. The Balaban J connectivity index is 1.64. The number of carbonyl (C=O) groups is 2. The van der Waals surface area contributed by atoms with Crippen molar-refractivity contribution in [2.24, 2.45) is 11.7 Å². The molecule has 0 aliphatic heterocycles. The molecule has 9 nitrogen and oxygen atoms in total. The molecule has 1 aliphatic rings. The fraction of sp³-hybridized carbons (Fsp3) is 0.368. The molecule has 1 aliphatic carbocycles. The van der Waals surface area contributed by atoms with Gasteiger partial charge < -0.3 is 15.5 Å². The Kier molecular flexibility index (Phi) is 4.50. The van der Waals surface area contributed by atoms with Crippen molar-refractivity contribution in [3.8, 4) is 5.75 Å². The van der Waals surface area contributed by atoms with Crippen molar-refractivity contribution in [2.45, 2.75) is 33.2 Å². The molecule has 2 aromatic heterocycles. The van der Waals surface area contributed by atoms with E-state index in [1.807, 2.05) is 13.8 Å².